The molecule has 2 N–H and O–H groups in total. The number of amides is 2. The van der Waals surface area contributed by atoms with Crippen LogP contribution in [0.4, 0.5) is 0 Å². The van der Waals surface area contributed by atoms with Gasteiger partial charge in [-0.25, -0.2) is 0 Å². The molecule has 1 fully saturated rings. The molecule has 0 aliphatic carbocycles. The van der Waals surface area contributed by atoms with Gasteiger partial charge >= 0.3 is 0 Å². The third-order valence-electron chi connectivity index (χ3n) is 4.74. The van der Waals surface area contributed by atoms with Gasteiger partial charge in [0.05, 0.1) is 20.8 Å². The summed E-state index contributed by atoms with van der Waals surface area (Å²) in [5, 5.41) is 13.7. The minimum Gasteiger partial charge on any atom is -0.493 e. The molecule has 1 aromatic rings. The van der Waals surface area contributed by atoms with E-state index in [-0.39, 0.29) is 24.9 Å². The molecule has 0 saturated carbocycles. The van der Waals surface area contributed by atoms with Gasteiger partial charge in [0.25, 0.3) is 5.91 Å². The quantitative estimate of drug-likeness (QED) is 0.672. The molecule has 8 nitrogen and oxygen atoms in total. The van der Waals surface area contributed by atoms with Gasteiger partial charge in [0, 0.05) is 39.3 Å². The number of likely N-dealkylation sites (N-methyl/N-ethyl adjacent to an activating group) is 1. The number of nitrogens with one attached hydrogen (secondary N) is 1. The largest absolute Gasteiger partial charge is 0.493 e. The first-order valence-electron chi connectivity index (χ1n) is 8.95. The van der Waals surface area contributed by atoms with Crippen molar-refractivity contribution in [3.05, 3.63) is 23.8 Å². The molecule has 0 spiro atoms. The first kappa shape index (κ1) is 21.0. The highest BCUT2D eigenvalue weighted by atomic mass is 16.5. The predicted molar refractivity (Wildman–Crippen MR) is 101 cm³/mol. The van der Waals surface area contributed by atoms with Crippen LogP contribution in [0.2, 0.25) is 0 Å². The summed E-state index contributed by atoms with van der Waals surface area (Å²) in [5.41, 5.74) is -0.707. The number of aliphatic hydroxyl groups is 1. The molecule has 0 bridgehead atoms. The zero-order valence-corrected chi connectivity index (χ0v) is 16.4. The van der Waals surface area contributed by atoms with Gasteiger partial charge in [-0.3, -0.25) is 9.59 Å². The van der Waals surface area contributed by atoms with Crippen molar-refractivity contribution in [2.45, 2.75) is 25.0 Å². The standard InChI is InChI=1S/C19H29N3O5/c1-21(2)16(23)11-20-13-19(25)9-6-10-22(18(19)24)12-14-7-5-8-15(26-3)17(14)27-4/h5,7-8,20,25H,6,9-13H2,1-4H3. The number of likely N-dealkylation sites (tertiary alicyclic amines) is 1. The lowest BCUT2D eigenvalue weighted by Gasteiger charge is -2.38. The molecule has 150 valence electrons. The second-order valence-corrected chi connectivity index (χ2v) is 6.91. The number of carbonyl (C=O) groups is 2. The van der Waals surface area contributed by atoms with Crippen LogP contribution in [0, 0.1) is 0 Å². The van der Waals surface area contributed by atoms with E-state index in [4.69, 9.17) is 9.47 Å². The molecular formula is C19H29N3O5. The van der Waals surface area contributed by atoms with Gasteiger partial charge < -0.3 is 29.7 Å². The number of ether oxygens (including phenoxy) is 2. The Morgan fingerprint density at radius 1 is 1.33 bits per heavy atom. The maximum Gasteiger partial charge on any atom is 0.256 e. The molecule has 1 aliphatic rings. The van der Waals surface area contributed by atoms with Crippen LogP contribution in [0.1, 0.15) is 18.4 Å². The number of hydrogen-bond acceptors (Lipinski definition) is 6. The molecule has 1 aliphatic heterocycles. The van der Waals surface area contributed by atoms with Crippen molar-refractivity contribution in [2.75, 3.05) is 47.9 Å². The lowest BCUT2D eigenvalue weighted by molar-refractivity contribution is -0.157. The summed E-state index contributed by atoms with van der Waals surface area (Å²) in [6, 6.07) is 5.50. The lowest BCUT2D eigenvalue weighted by atomic mass is 9.91. The van der Waals surface area contributed by atoms with E-state index in [1.807, 2.05) is 12.1 Å². The average Bonchev–Trinajstić information content (AvgIpc) is 2.65. The Bertz CT molecular complexity index is 679. The van der Waals surface area contributed by atoms with Crippen molar-refractivity contribution in [1.29, 1.82) is 0 Å². The Balaban J connectivity index is 2.07. The lowest BCUT2D eigenvalue weighted by Crippen LogP contribution is -2.58. The predicted octanol–water partition coefficient (Wildman–Crippen LogP) is 0.235. The number of piperidine rings is 1. The molecule has 0 aromatic heterocycles. The first-order valence-corrected chi connectivity index (χ1v) is 8.95. The normalized spacial score (nSPS) is 19.7. The molecule has 1 heterocycles. The van der Waals surface area contributed by atoms with Crippen LogP contribution in [0.25, 0.3) is 0 Å². The molecule has 1 atom stereocenters. The molecule has 27 heavy (non-hydrogen) atoms. The van der Waals surface area contributed by atoms with Gasteiger partial charge in [-0.1, -0.05) is 12.1 Å². The fraction of sp³-hybridized carbons (Fsp3) is 0.579. The van der Waals surface area contributed by atoms with E-state index in [0.717, 1.165) is 5.56 Å². The van der Waals surface area contributed by atoms with Crippen molar-refractivity contribution in [3.63, 3.8) is 0 Å². The molecule has 8 heteroatoms. The van der Waals surface area contributed by atoms with Crippen LogP contribution in [-0.2, 0) is 16.1 Å². The maximum absolute atomic E-state index is 12.9. The van der Waals surface area contributed by atoms with Crippen molar-refractivity contribution in [2.24, 2.45) is 0 Å². The van der Waals surface area contributed by atoms with E-state index in [1.165, 1.54) is 4.90 Å². The number of carbonyl (C=O) groups excluding carboxylic acids is 2. The van der Waals surface area contributed by atoms with E-state index in [1.54, 1.807) is 39.3 Å². The highest BCUT2D eigenvalue weighted by Gasteiger charge is 2.42. The second-order valence-electron chi connectivity index (χ2n) is 6.91. The summed E-state index contributed by atoms with van der Waals surface area (Å²) >= 11 is 0. The first-order chi connectivity index (χ1) is 12.8. The Labute approximate surface area is 160 Å². The minimum absolute atomic E-state index is 0.0388. The van der Waals surface area contributed by atoms with Crippen LogP contribution in [0.5, 0.6) is 11.5 Å². The summed E-state index contributed by atoms with van der Waals surface area (Å²) in [7, 11) is 6.44. The molecule has 1 aromatic carbocycles. The smallest absolute Gasteiger partial charge is 0.256 e. The van der Waals surface area contributed by atoms with Crippen LogP contribution in [0.3, 0.4) is 0 Å². The fourth-order valence-corrected chi connectivity index (χ4v) is 3.20. The van der Waals surface area contributed by atoms with Crippen LogP contribution in [0.15, 0.2) is 18.2 Å². The summed E-state index contributed by atoms with van der Waals surface area (Å²) in [6.45, 7) is 0.986. The molecular weight excluding hydrogens is 350 g/mol. The van der Waals surface area contributed by atoms with E-state index in [2.05, 4.69) is 5.32 Å². The molecule has 2 rings (SSSR count). The number of nitrogens with zero attached hydrogens (tertiary/aromatic N) is 2. The zero-order chi connectivity index (χ0) is 20.0. The SMILES string of the molecule is COc1cccc(CN2CCCC(O)(CNCC(=O)N(C)C)C2=O)c1OC. The average molecular weight is 379 g/mol. The Kier molecular flexibility index (Phi) is 7.04. The van der Waals surface area contributed by atoms with Gasteiger partial charge in [-0.15, -0.1) is 0 Å². The highest BCUT2D eigenvalue weighted by molar-refractivity contribution is 5.86. The van der Waals surface area contributed by atoms with Crippen molar-refractivity contribution < 1.29 is 24.2 Å². The zero-order valence-electron chi connectivity index (χ0n) is 16.4. The van der Waals surface area contributed by atoms with Gasteiger partial charge in [0.15, 0.2) is 17.1 Å². The third-order valence-corrected chi connectivity index (χ3v) is 4.74. The number of benzene rings is 1. The van der Waals surface area contributed by atoms with E-state index >= 15 is 0 Å². The fourth-order valence-electron chi connectivity index (χ4n) is 3.20. The van der Waals surface area contributed by atoms with Gasteiger partial charge in [-0.2, -0.15) is 0 Å². The number of para-hydroxylation sites is 1. The molecule has 1 unspecified atom stereocenters. The number of rotatable bonds is 8. The monoisotopic (exact) mass is 379 g/mol. The molecule has 0 radical (unpaired) electrons. The van der Waals surface area contributed by atoms with Gasteiger partial charge in [-0.05, 0) is 18.9 Å². The number of hydrogen-bond donors (Lipinski definition) is 2. The second kappa shape index (κ2) is 9.05. The molecule has 1 saturated heterocycles. The minimum atomic E-state index is -1.52. The Hall–Kier alpha value is -2.32. The van der Waals surface area contributed by atoms with E-state index < -0.39 is 5.60 Å². The van der Waals surface area contributed by atoms with Crippen molar-refractivity contribution in [1.82, 2.24) is 15.1 Å². The van der Waals surface area contributed by atoms with Crippen LogP contribution in [-0.4, -0.2) is 80.3 Å². The summed E-state index contributed by atoms with van der Waals surface area (Å²) in [4.78, 5) is 27.6. The van der Waals surface area contributed by atoms with E-state index in [0.29, 0.717) is 37.4 Å². The van der Waals surface area contributed by atoms with Gasteiger partial charge in [0.1, 0.15) is 0 Å². The summed E-state index contributed by atoms with van der Waals surface area (Å²) in [5.74, 6) is 0.721. The topological polar surface area (TPSA) is 91.3 Å². The maximum atomic E-state index is 12.9. The summed E-state index contributed by atoms with van der Waals surface area (Å²) < 4.78 is 10.7. The van der Waals surface area contributed by atoms with Crippen molar-refractivity contribution in [3.8, 4) is 11.5 Å². The molecule has 2 amide bonds. The van der Waals surface area contributed by atoms with Gasteiger partial charge in [0.2, 0.25) is 5.91 Å². The van der Waals surface area contributed by atoms with Crippen LogP contribution < -0.4 is 14.8 Å². The van der Waals surface area contributed by atoms with Crippen molar-refractivity contribution >= 4 is 11.8 Å². The third kappa shape index (κ3) is 4.90. The van der Waals surface area contributed by atoms with Crippen LogP contribution >= 0.6 is 0 Å². The van der Waals surface area contributed by atoms with E-state index in [9.17, 15) is 14.7 Å². The number of methoxy groups -OCH3 is 2. The summed E-state index contributed by atoms with van der Waals surface area (Å²) in [6.07, 6.45) is 1.04. The Morgan fingerprint density at radius 3 is 2.70 bits per heavy atom. The highest BCUT2D eigenvalue weighted by Crippen LogP contribution is 2.33. The Morgan fingerprint density at radius 2 is 2.07 bits per heavy atom.